The van der Waals surface area contributed by atoms with E-state index in [0.717, 1.165) is 16.4 Å². The molecule has 0 fully saturated rings. The fourth-order valence-corrected chi connectivity index (χ4v) is 3.37. The lowest BCUT2D eigenvalue weighted by molar-refractivity contribution is 0.102. The molecule has 0 radical (unpaired) electrons. The molecule has 0 atom stereocenters. The van der Waals surface area contributed by atoms with Crippen LogP contribution in [0.1, 0.15) is 16.1 Å². The zero-order valence-electron chi connectivity index (χ0n) is 14.6. The number of carbonyl (C=O) groups is 1. The predicted octanol–water partition coefficient (Wildman–Crippen LogP) is 3.57. The third-order valence-electron chi connectivity index (χ3n) is 3.75. The highest BCUT2D eigenvalue weighted by atomic mass is 79.9. The second-order valence-electron chi connectivity index (χ2n) is 5.94. The van der Waals surface area contributed by atoms with Gasteiger partial charge in [-0.15, -0.1) is 0 Å². The maximum Gasteiger partial charge on any atom is 0.259 e. The van der Waals surface area contributed by atoms with Gasteiger partial charge in [-0.05, 0) is 49.4 Å². The molecule has 27 heavy (non-hydrogen) atoms. The molecule has 140 valence electrons. The fraction of sp³-hybridized carbons (Fsp3) is 0.111. The largest absolute Gasteiger partial charge is 0.322 e. The molecule has 0 spiro atoms. The van der Waals surface area contributed by atoms with Crippen molar-refractivity contribution in [3.8, 4) is 5.69 Å². The predicted molar refractivity (Wildman–Crippen MR) is 109 cm³/mol. The molecule has 0 bridgehead atoms. The van der Waals surface area contributed by atoms with Crippen molar-refractivity contribution in [2.24, 2.45) is 0 Å². The summed E-state index contributed by atoms with van der Waals surface area (Å²) in [6.45, 7) is 1.81. The van der Waals surface area contributed by atoms with Crippen molar-refractivity contribution in [3.63, 3.8) is 0 Å². The maximum absolute atomic E-state index is 12.6. The molecule has 9 heteroatoms. The number of nitrogens with zero attached hydrogens (tertiary/aromatic N) is 2. The van der Waals surface area contributed by atoms with E-state index in [-0.39, 0.29) is 5.91 Å². The van der Waals surface area contributed by atoms with E-state index in [4.69, 9.17) is 0 Å². The number of amides is 1. The van der Waals surface area contributed by atoms with E-state index < -0.39 is 10.0 Å². The Morgan fingerprint density at radius 2 is 1.78 bits per heavy atom. The number of rotatable bonds is 5. The topological polar surface area (TPSA) is 93.1 Å². The van der Waals surface area contributed by atoms with E-state index in [1.54, 1.807) is 28.9 Å². The summed E-state index contributed by atoms with van der Waals surface area (Å²) >= 11 is 3.39. The van der Waals surface area contributed by atoms with Crippen molar-refractivity contribution in [2.75, 3.05) is 16.3 Å². The number of anilines is 2. The third-order valence-corrected chi connectivity index (χ3v) is 4.88. The minimum Gasteiger partial charge on any atom is -0.322 e. The van der Waals surface area contributed by atoms with Gasteiger partial charge in [0.25, 0.3) is 5.91 Å². The van der Waals surface area contributed by atoms with Gasteiger partial charge in [-0.1, -0.05) is 22.0 Å². The number of sulfonamides is 1. The van der Waals surface area contributed by atoms with Gasteiger partial charge in [-0.2, -0.15) is 5.10 Å². The number of nitrogens with one attached hydrogen (secondary N) is 2. The van der Waals surface area contributed by atoms with Crippen molar-refractivity contribution >= 4 is 43.2 Å². The Balaban J connectivity index is 1.81. The van der Waals surface area contributed by atoms with Crippen LogP contribution in [-0.2, 0) is 10.0 Å². The van der Waals surface area contributed by atoms with Gasteiger partial charge < -0.3 is 5.32 Å². The Morgan fingerprint density at radius 3 is 2.44 bits per heavy atom. The summed E-state index contributed by atoms with van der Waals surface area (Å²) < 4.78 is 27.7. The first-order valence-corrected chi connectivity index (χ1v) is 10.6. The first-order chi connectivity index (χ1) is 12.7. The lowest BCUT2D eigenvalue weighted by Crippen LogP contribution is -2.14. The van der Waals surface area contributed by atoms with E-state index >= 15 is 0 Å². The molecular formula is C18H17BrN4O3S. The molecule has 3 aromatic rings. The summed E-state index contributed by atoms with van der Waals surface area (Å²) in [5.74, 6) is -0.327. The number of halogens is 1. The molecule has 1 aromatic heterocycles. The summed E-state index contributed by atoms with van der Waals surface area (Å²) in [6, 6.07) is 14.1. The van der Waals surface area contributed by atoms with Crippen molar-refractivity contribution in [2.45, 2.75) is 6.92 Å². The zero-order valence-corrected chi connectivity index (χ0v) is 17.0. The Kier molecular flexibility index (Phi) is 5.33. The van der Waals surface area contributed by atoms with E-state index in [0.29, 0.717) is 22.6 Å². The average molecular weight is 449 g/mol. The van der Waals surface area contributed by atoms with Gasteiger partial charge in [0, 0.05) is 10.2 Å². The molecule has 2 N–H and O–H groups in total. The molecular weight excluding hydrogens is 432 g/mol. The van der Waals surface area contributed by atoms with Crippen LogP contribution in [0.5, 0.6) is 0 Å². The molecule has 2 aromatic carbocycles. The number of benzene rings is 2. The van der Waals surface area contributed by atoms with Gasteiger partial charge >= 0.3 is 0 Å². The lowest BCUT2D eigenvalue weighted by Gasteiger charge is -2.09. The van der Waals surface area contributed by atoms with Crippen LogP contribution in [0.3, 0.4) is 0 Å². The van der Waals surface area contributed by atoms with Crippen LogP contribution in [-0.4, -0.2) is 30.4 Å². The lowest BCUT2D eigenvalue weighted by atomic mass is 10.2. The smallest absolute Gasteiger partial charge is 0.259 e. The highest BCUT2D eigenvalue weighted by Gasteiger charge is 2.15. The van der Waals surface area contributed by atoms with Crippen LogP contribution in [0.25, 0.3) is 5.69 Å². The van der Waals surface area contributed by atoms with Crippen molar-refractivity contribution in [1.82, 2.24) is 9.78 Å². The molecule has 1 amide bonds. The monoisotopic (exact) mass is 448 g/mol. The number of aromatic nitrogens is 2. The van der Waals surface area contributed by atoms with Gasteiger partial charge in [0.1, 0.15) is 0 Å². The van der Waals surface area contributed by atoms with Crippen molar-refractivity contribution in [3.05, 3.63) is 70.5 Å². The first kappa shape index (κ1) is 19.1. The standard InChI is InChI=1S/C18H17BrN4O3S/c1-12-17(11-20-23(12)16-8-6-13(19)7-9-16)18(24)21-14-4-3-5-15(10-14)22-27(2,25)26/h3-11,22H,1-2H3,(H,21,24). The highest BCUT2D eigenvalue weighted by Crippen LogP contribution is 2.20. The number of hydrogen-bond donors (Lipinski definition) is 2. The average Bonchev–Trinajstić information content (AvgIpc) is 2.96. The summed E-state index contributed by atoms with van der Waals surface area (Å²) in [7, 11) is -3.39. The van der Waals surface area contributed by atoms with Crippen LogP contribution >= 0.6 is 15.9 Å². The summed E-state index contributed by atoms with van der Waals surface area (Å²) in [5.41, 5.74) is 2.82. The van der Waals surface area contributed by atoms with Gasteiger partial charge in [0.05, 0.1) is 35.1 Å². The van der Waals surface area contributed by atoms with Crippen molar-refractivity contribution < 1.29 is 13.2 Å². The van der Waals surface area contributed by atoms with Gasteiger partial charge in [-0.3, -0.25) is 9.52 Å². The van der Waals surface area contributed by atoms with Gasteiger partial charge in [0.2, 0.25) is 10.0 Å². The van der Waals surface area contributed by atoms with E-state index in [9.17, 15) is 13.2 Å². The van der Waals surface area contributed by atoms with E-state index in [1.807, 2.05) is 31.2 Å². The molecule has 0 aliphatic carbocycles. The fourth-order valence-electron chi connectivity index (χ4n) is 2.55. The van der Waals surface area contributed by atoms with Crippen LogP contribution < -0.4 is 10.0 Å². The third kappa shape index (κ3) is 4.75. The van der Waals surface area contributed by atoms with Gasteiger partial charge in [0.15, 0.2) is 0 Å². The molecule has 0 saturated carbocycles. The summed E-state index contributed by atoms with van der Waals surface area (Å²) in [6.07, 6.45) is 2.57. The SMILES string of the molecule is Cc1c(C(=O)Nc2cccc(NS(C)(=O)=O)c2)cnn1-c1ccc(Br)cc1. The zero-order chi connectivity index (χ0) is 19.6. The molecule has 1 heterocycles. The van der Waals surface area contributed by atoms with E-state index in [1.165, 1.54) is 6.20 Å². The molecule has 7 nitrogen and oxygen atoms in total. The second kappa shape index (κ2) is 7.53. The van der Waals surface area contributed by atoms with Gasteiger partial charge in [-0.25, -0.2) is 13.1 Å². The maximum atomic E-state index is 12.6. The number of carbonyl (C=O) groups excluding carboxylic acids is 1. The van der Waals surface area contributed by atoms with E-state index in [2.05, 4.69) is 31.1 Å². The second-order valence-corrected chi connectivity index (χ2v) is 8.61. The minimum absolute atomic E-state index is 0.327. The molecule has 3 rings (SSSR count). The summed E-state index contributed by atoms with van der Waals surface area (Å²) in [4.78, 5) is 12.6. The summed E-state index contributed by atoms with van der Waals surface area (Å²) in [5, 5.41) is 7.06. The van der Waals surface area contributed by atoms with Crippen molar-refractivity contribution in [1.29, 1.82) is 0 Å². The minimum atomic E-state index is -3.39. The Labute approximate surface area is 165 Å². The van der Waals surface area contributed by atoms with Crippen LogP contribution in [0.4, 0.5) is 11.4 Å². The molecule has 0 aliphatic heterocycles. The normalized spacial score (nSPS) is 11.2. The molecule has 0 unspecified atom stereocenters. The quantitative estimate of drug-likeness (QED) is 0.623. The highest BCUT2D eigenvalue weighted by molar-refractivity contribution is 9.10. The molecule has 0 saturated heterocycles. The Bertz CT molecular complexity index is 1090. The van der Waals surface area contributed by atoms with Crippen LogP contribution in [0.2, 0.25) is 0 Å². The molecule has 0 aliphatic rings. The first-order valence-electron chi connectivity index (χ1n) is 7.93. The van der Waals surface area contributed by atoms with Crippen LogP contribution in [0.15, 0.2) is 59.2 Å². The Hall–Kier alpha value is -2.65. The number of hydrogen-bond acceptors (Lipinski definition) is 4. The van der Waals surface area contributed by atoms with Crippen LogP contribution in [0, 0.1) is 6.92 Å². The Morgan fingerprint density at radius 1 is 1.11 bits per heavy atom.